The number of ketones is 1. The molecule has 2 aromatic heterocycles. The molecule has 0 unspecified atom stereocenters. The standard InChI is InChI=1S/C27H26FN3O3S/c1-18-24(16-30-26(33)10-8-22-3-2-14-35-22)23-12-13-31(17-20(23)15-29-18)27(34)11-9-25(32)19-4-6-21(28)7-5-19/h2-8,10,14-15H,9,11-13,16-17H2,1H3,(H,30,33)/b10-8+. The van der Waals surface area contributed by atoms with Crippen molar-refractivity contribution in [3.8, 4) is 0 Å². The van der Waals surface area contributed by atoms with Crippen LogP contribution >= 0.6 is 11.3 Å². The number of thiophene rings is 1. The zero-order valence-electron chi connectivity index (χ0n) is 19.4. The van der Waals surface area contributed by atoms with E-state index in [2.05, 4.69) is 10.3 Å². The fourth-order valence-corrected chi connectivity index (χ4v) is 4.72. The van der Waals surface area contributed by atoms with E-state index in [9.17, 15) is 18.8 Å². The number of nitrogens with zero attached hydrogens (tertiary/aromatic N) is 2. The summed E-state index contributed by atoms with van der Waals surface area (Å²) in [6.45, 7) is 3.25. The molecule has 2 amide bonds. The van der Waals surface area contributed by atoms with E-state index in [0.717, 1.165) is 27.3 Å². The zero-order chi connectivity index (χ0) is 24.8. The van der Waals surface area contributed by atoms with Gasteiger partial charge in [0.15, 0.2) is 5.78 Å². The molecule has 180 valence electrons. The van der Waals surface area contributed by atoms with Crippen molar-refractivity contribution < 1.29 is 18.8 Å². The molecule has 0 saturated carbocycles. The molecule has 3 heterocycles. The first-order valence-corrected chi connectivity index (χ1v) is 12.3. The highest BCUT2D eigenvalue weighted by molar-refractivity contribution is 7.10. The van der Waals surface area contributed by atoms with Crippen molar-refractivity contribution in [2.75, 3.05) is 6.54 Å². The summed E-state index contributed by atoms with van der Waals surface area (Å²) in [6, 6.07) is 9.24. The lowest BCUT2D eigenvalue weighted by Crippen LogP contribution is -2.37. The number of fused-ring (bicyclic) bond motifs is 1. The largest absolute Gasteiger partial charge is 0.348 e. The summed E-state index contributed by atoms with van der Waals surface area (Å²) in [7, 11) is 0. The minimum Gasteiger partial charge on any atom is -0.348 e. The average Bonchev–Trinajstić information content (AvgIpc) is 3.39. The summed E-state index contributed by atoms with van der Waals surface area (Å²) in [5.74, 6) is -0.851. The van der Waals surface area contributed by atoms with Gasteiger partial charge in [-0.05, 0) is 71.8 Å². The fourth-order valence-electron chi connectivity index (χ4n) is 4.11. The van der Waals surface area contributed by atoms with Gasteiger partial charge in [0, 0.05) is 60.9 Å². The van der Waals surface area contributed by atoms with Gasteiger partial charge in [-0.15, -0.1) is 11.3 Å². The normalized spacial score (nSPS) is 13.0. The van der Waals surface area contributed by atoms with Gasteiger partial charge in [-0.3, -0.25) is 19.4 Å². The Morgan fingerprint density at radius 2 is 1.97 bits per heavy atom. The van der Waals surface area contributed by atoms with Crippen LogP contribution in [0.15, 0.2) is 54.1 Å². The zero-order valence-corrected chi connectivity index (χ0v) is 20.2. The van der Waals surface area contributed by atoms with Crippen molar-refractivity contribution in [3.63, 3.8) is 0 Å². The monoisotopic (exact) mass is 491 g/mol. The van der Waals surface area contributed by atoms with Crippen molar-refractivity contribution in [2.24, 2.45) is 0 Å². The summed E-state index contributed by atoms with van der Waals surface area (Å²) in [6.07, 6.45) is 5.94. The molecule has 4 rings (SSSR count). The quantitative estimate of drug-likeness (QED) is 0.373. The number of aromatic nitrogens is 1. The molecule has 1 N–H and O–H groups in total. The molecular weight excluding hydrogens is 465 g/mol. The van der Waals surface area contributed by atoms with Gasteiger partial charge in [0.25, 0.3) is 0 Å². The number of pyridine rings is 1. The topological polar surface area (TPSA) is 79.4 Å². The number of carbonyl (C=O) groups excluding carboxylic acids is 3. The van der Waals surface area contributed by atoms with E-state index in [1.807, 2.05) is 24.4 Å². The second-order valence-electron chi connectivity index (χ2n) is 8.39. The van der Waals surface area contributed by atoms with Crippen LogP contribution in [0.25, 0.3) is 6.08 Å². The number of benzene rings is 1. The Kier molecular flexibility index (Phi) is 7.82. The molecule has 0 aliphatic carbocycles. The lowest BCUT2D eigenvalue weighted by atomic mass is 9.94. The van der Waals surface area contributed by atoms with Crippen molar-refractivity contribution >= 4 is 35.0 Å². The van der Waals surface area contributed by atoms with Gasteiger partial charge in [0.05, 0.1) is 0 Å². The van der Waals surface area contributed by atoms with Gasteiger partial charge < -0.3 is 10.2 Å². The third-order valence-corrected chi connectivity index (χ3v) is 6.90. The lowest BCUT2D eigenvalue weighted by Gasteiger charge is -2.30. The van der Waals surface area contributed by atoms with E-state index in [-0.39, 0.29) is 30.4 Å². The van der Waals surface area contributed by atoms with Gasteiger partial charge in [-0.25, -0.2) is 4.39 Å². The van der Waals surface area contributed by atoms with Crippen molar-refractivity contribution in [2.45, 2.75) is 39.3 Å². The summed E-state index contributed by atoms with van der Waals surface area (Å²) >= 11 is 1.57. The Morgan fingerprint density at radius 3 is 2.71 bits per heavy atom. The van der Waals surface area contributed by atoms with Crippen LogP contribution in [0.3, 0.4) is 0 Å². The molecule has 0 atom stereocenters. The molecule has 35 heavy (non-hydrogen) atoms. The molecule has 0 saturated heterocycles. The SMILES string of the molecule is Cc1ncc2c(c1CNC(=O)/C=C/c1cccs1)CCN(C(=O)CCC(=O)c1ccc(F)cc1)C2. The van der Waals surface area contributed by atoms with Crippen LogP contribution in [-0.2, 0) is 29.1 Å². The number of hydrogen-bond acceptors (Lipinski definition) is 5. The Morgan fingerprint density at radius 1 is 1.17 bits per heavy atom. The molecule has 0 spiro atoms. The number of nitrogens with one attached hydrogen (secondary N) is 1. The van der Waals surface area contributed by atoms with Crippen molar-refractivity contribution in [1.29, 1.82) is 0 Å². The van der Waals surface area contributed by atoms with Gasteiger partial charge in [-0.1, -0.05) is 6.07 Å². The molecular formula is C27H26FN3O3S. The average molecular weight is 492 g/mol. The number of Topliss-reactive ketones (excluding diaryl/α,β-unsaturated/α-hetero) is 1. The van der Waals surface area contributed by atoms with E-state index >= 15 is 0 Å². The van der Waals surface area contributed by atoms with Gasteiger partial charge >= 0.3 is 0 Å². The maximum atomic E-state index is 13.1. The van der Waals surface area contributed by atoms with Crippen LogP contribution < -0.4 is 5.32 Å². The summed E-state index contributed by atoms with van der Waals surface area (Å²) in [4.78, 5) is 44.6. The van der Waals surface area contributed by atoms with Crippen LogP contribution in [0, 0.1) is 12.7 Å². The number of halogens is 1. The van der Waals surface area contributed by atoms with E-state index in [4.69, 9.17) is 0 Å². The van der Waals surface area contributed by atoms with Crippen LogP contribution in [0.5, 0.6) is 0 Å². The fraction of sp³-hybridized carbons (Fsp3) is 0.259. The lowest BCUT2D eigenvalue weighted by molar-refractivity contribution is -0.132. The molecule has 0 fully saturated rings. The molecule has 0 bridgehead atoms. The summed E-state index contributed by atoms with van der Waals surface area (Å²) < 4.78 is 13.1. The third kappa shape index (κ3) is 6.27. The molecule has 3 aromatic rings. The van der Waals surface area contributed by atoms with Gasteiger partial charge in [-0.2, -0.15) is 0 Å². The summed E-state index contributed by atoms with van der Waals surface area (Å²) in [5.41, 5.74) is 4.32. The number of aryl methyl sites for hydroxylation is 1. The number of carbonyl (C=O) groups is 3. The maximum Gasteiger partial charge on any atom is 0.244 e. The summed E-state index contributed by atoms with van der Waals surface area (Å²) in [5, 5.41) is 4.89. The predicted octanol–water partition coefficient (Wildman–Crippen LogP) is 4.47. The molecule has 1 aliphatic rings. The van der Waals surface area contributed by atoms with Crippen molar-refractivity contribution in [3.05, 3.63) is 92.7 Å². The second-order valence-corrected chi connectivity index (χ2v) is 9.37. The van der Waals surface area contributed by atoms with E-state index in [0.29, 0.717) is 31.6 Å². The van der Waals surface area contributed by atoms with Crippen LogP contribution in [-0.4, -0.2) is 34.0 Å². The van der Waals surface area contributed by atoms with E-state index < -0.39 is 5.82 Å². The molecule has 1 aliphatic heterocycles. The highest BCUT2D eigenvalue weighted by Crippen LogP contribution is 2.25. The molecule has 1 aromatic carbocycles. The molecule has 6 nitrogen and oxygen atoms in total. The number of amides is 2. The highest BCUT2D eigenvalue weighted by Gasteiger charge is 2.24. The van der Waals surface area contributed by atoms with Crippen LogP contribution in [0.4, 0.5) is 4.39 Å². The first kappa shape index (κ1) is 24.5. The minimum atomic E-state index is -0.401. The minimum absolute atomic E-state index is 0.0796. The van der Waals surface area contributed by atoms with Gasteiger partial charge in [0.2, 0.25) is 11.8 Å². The Labute approximate surface area is 207 Å². The van der Waals surface area contributed by atoms with E-state index in [1.54, 1.807) is 28.5 Å². The maximum absolute atomic E-state index is 13.1. The van der Waals surface area contributed by atoms with Gasteiger partial charge in [0.1, 0.15) is 5.82 Å². The number of rotatable bonds is 8. The second kappa shape index (κ2) is 11.2. The van der Waals surface area contributed by atoms with E-state index in [1.165, 1.54) is 30.3 Å². The van der Waals surface area contributed by atoms with Crippen LogP contribution in [0.2, 0.25) is 0 Å². The third-order valence-electron chi connectivity index (χ3n) is 6.06. The first-order valence-electron chi connectivity index (χ1n) is 11.4. The Hall–Kier alpha value is -3.65. The molecule has 0 radical (unpaired) electrons. The molecule has 8 heteroatoms. The Balaban J connectivity index is 1.34. The van der Waals surface area contributed by atoms with Crippen molar-refractivity contribution in [1.82, 2.24) is 15.2 Å². The highest BCUT2D eigenvalue weighted by atomic mass is 32.1. The number of hydrogen-bond donors (Lipinski definition) is 1. The first-order chi connectivity index (χ1) is 16.9. The Bertz CT molecular complexity index is 1250. The smallest absolute Gasteiger partial charge is 0.244 e. The van der Waals surface area contributed by atoms with Crippen LogP contribution in [0.1, 0.15) is 50.5 Å². The predicted molar refractivity (Wildman–Crippen MR) is 133 cm³/mol.